The molecule has 0 bridgehead atoms. The molecule has 3 N–H and O–H groups in total. The average molecular weight is 643 g/mol. The van der Waals surface area contributed by atoms with Gasteiger partial charge < -0.3 is 16.0 Å². The fourth-order valence-electron chi connectivity index (χ4n) is 3.84. The molecule has 4 rings (SSSR count). The van der Waals surface area contributed by atoms with Crippen LogP contribution in [0.5, 0.6) is 0 Å². The highest BCUT2D eigenvalue weighted by molar-refractivity contribution is 9.10. The van der Waals surface area contributed by atoms with Crippen molar-refractivity contribution in [2.75, 3.05) is 10.6 Å². The molecule has 0 aliphatic heterocycles. The van der Waals surface area contributed by atoms with Crippen molar-refractivity contribution in [2.45, 2.75) is 24.0 Å². The van der Waals surface area contributed by atoms with E-state index < -0.39 is 17.1 Å². The molecule has 0 spiro atoms. The van der Waals surface area contributed by atoms with Crippen molar-refractivity contribution < 1.29 is 19.2 Å². The first-order chi connectivity index (χ1) is 20.2. The molecule has 0 aliphatic carbocycles. The predicted octanol–water partition coefficient (Wildman–Crippen LogP) is 7.18. The number of hydrogen-bond donors (Lipinski definition) is 3. The van der Waals surface area contributed by atoms with Crippen LogP contribution in [0.25, 0.3) is 6.08 Å². The summed E-state index contributed by atoms with van der Waals surface area (Å²) in [7, 11) is 0. The molecule has 3 amide bonds. The molecule has 4 aromatic rings. The van der Waals surface area contributed by atoms with E-state index in [-0.39, 0.29) is 17.4 Å². The predicted molar refractivity (Wildman–Crippen MR) is 171 cm³/mol. The van der Waals surface area contributed by atoms with Crippen molar-refractivity contribution in [3.8, 4) is 0 Å². The van der Waals surface area contributed by atoms with Crippen LogP contribution in [0.4, 0.5) is 11.4 Å². The molecule has 0 heterocycles. The fraction of sp³-hybridized carbons (Fsp3) is 0.0909. The van der Waals surface area contributed by atoms with Crippen molar-refractivity contribution in [3.05, 3.63) is 130 Å². The third kappa shape index (κ3) is 8.76. The molecular weight excluding hydrogens is 614 g/mol. The molecule has 0 fully saturated rings. The monoisotopic (exact) mass is 641 g/mol. The molecule has 42 heavy (non-hydrogen) atoms. The lowest BCUT2D eigenvalue weighted by atomic mass is 10.1. The van der Waals surface area contributed by atoms with Crippen molar-refractivity contribution in [1.82, 2.24) is 5.32 Å². The van der Waals surface area contributed by atoms with Crippen molar-refractivity contribution in [2.24, 2.45) is 0 Å². The molecule has 212 valence electrons. The minimum absolute atomic E-state index is 0.0434. The SMILES string of the molecule is CC(=O)c1ccc(NC(=O)C(C)Sc2cccc(NC(=O)/C(=C\c3cccc(Br)c3)NC(=O)c3ccccc3)c2)cc1. The average Bonchev–Trinajstić information content (AvgIpc) is 2.97. The maximum Gasteiger partial charge on any atom is 0.272 e. The molecule has 1 atom stereocenters. The second-order valence-corrected chi connectivity index (χ2v) is 11.6. The molecule has 1 unspecified atom stereocenters. The first kappa shape index (κ1) is 30.5. The van der Waals surface area contributed by atoms with Gasteiger partial charge in [-0.3, -0.25) is 19.2 Å². The van der Waals surface area contributed by atoms with Gasteiger partial charge in [-0.15, -0.1) is 11.8 Å². The van der Waals surface area contributed by atoms with Gasteiger partial charge in [-0.05, 0) is 92.2 Å². The van der Waals surface area contributed by atoms with Crippen LogP contribution in [-0.4, -0.2) is 28.8 Å². The molecule has 4 aromatic carbocycles. The van der Waals surface area contributed by atoms with E-state index in [1.54, 1.807) is 79.7 Å². The first-order valence-electron chi connectivity index (χ1n) is 13.0. The highest BCUT2D eigenvalue weighted by Crippen LogP contribution is 2.27. The highest BCUT2D eigenvalue weighted by atomic mass is 79.9. The van der Waals surface area contributed by atoms with Crippen LogP contribution in [0.15, 0.2) is 118 Å². The minimum Gasteiger partial charge on any atom is -0.325 e. The van der Waals surface area contributed by atoms with E-state index in [2.05, 4.69) is 31.9 Å². The van der Waals surface area contributed by atoms with Crippen LogP contribution in [0, 0.1) is 0 Å². The Morgan fingerprint density at radius 1 is 0.762 bits per heavy atom. The summed E-state index contributed by atoms with van der Waals surface area (Å²) in [6.45, 7) is 3.27. The third-order valence-corrected chi connectivity index (χ3v) is 7.61. The van der Waals surface area contributed by atoms with Gasteiger partial charge in [-0.2, -0.15) is 0 Å². The number of halogens is 1. The van der Waals surface area contributed by atoms with Crippen LogP contribution >= 0.6 is 27.7 Å². The molecular formula is C33H28BrN3O4S. The Balaban J connectivity index is 1.46. The van der Waals surface area contributed by atoms with Crippen LogP contribution in [0.1, 0.15) is 40.1 Å². The zero-order valence-corrected chi connectivity index (χ0v) is 25.3. The lowest BCUT2D eigenvalue weighted by Gasteiger charge is -2.14. The Hall–Kier alpha value is -4.47. The van der Waals surface area contributed by atoms with Gasteiger partial charge in [0.1, 0.15) is 5.70 Å². The molecule has 0 saturated carbocycles. The van der Waals surface area contributed by atoms with Crippen LogP contribution in [0.2, 0.25) is 0 Å². The Labute approximate surface area is 256 Å². The highest BCUT2D eigenvalue weighted by Gasteiger charge is 2.17. The van der Waals surface area contributed by atoms with Gasteiger partial charge in [0.25, 0.3) is 11.8 Å². The summed E-state index contributed by atoms with van der Waals surface area (Å²) in [5.74, 6) is -1.15. The van der Waals surface area contributed by atoms with E-state index in [9.17, 15) is 19.2 Å². The van der Waals surface area contributed by atoms with Gasteiger partial charge in [-0.25, -0.2) is 0 Å². The summed E-state index contributed by atoms with van der Waals surface area (Å²) < 4.78 is 0.835. The Morgan fingerprint density at radius 3 is 2.17 bits per heavy atom. The third-order valence-electron chi connectivity index (χ3n) is 6.02. The van der Waals surface area contributed by atoms with Gasteiger partial charge in [0.15, 0.2) is 5.78 Å². The lowest BCUT2D eigenvalue weighted by Crippen LogP contribution is -2.30. The summed E-state index contributed by atoms with van der Waals surface area (Å²) in [4.78, 5) is 51.3. The Kier molecular flexibility index (Phi) is 10.5. The molecule has 9 heteroatoms. The van der Waals surface area contributed by atoms with Crippen LogP contribution in [-0.2, 0) is 9.59 Å². The summed E-state index contributed by atoms with van der Waals surface area (Å²) in [6.07, 6.45) is 1.61. The molecule has 7 nitrogen and oxygen atoms in total. The normalized spacial score (nSPS) is 11.7. The maximum atomic E-state index is 13.4. The number of carbonyl (C=O) groups excluding carboxylic acids is 4. The molecule has 0 aromatic heterocycles. The zero-order chi connectivity index (χ0) is 30.1. The lowest BCUT2D eigenvalue weighted by molar-refractivity contribution is -0.115. The standard InChI is InChI=1S/C33H28BrN3O4S/c1-21(38)24-14-16-27(17-15-24)35-31(39)22(2)42-29-13-7-12-28(20-29)36-33(41)30(19-23-8-6-11-26(34)18-23)37-32(40)25-9-4-3-5-10-25/h3-20,22H,1-2H3,(H,35,39)(H,36,41)(H,37,40)/b30-19+. The first-order valence-corrected chi connectivity index (χ1v) is 14.7. The van der Waals surface area contributed by atoms with Crippen LogP contribution in [0.3, 0.4) is 0 Å². The van der Waals surface area contributed by atoms with E-state index in [1.807, 2.05) is 36.4 Å². The van der Waals surface area contributed by atoms with E-state index in [1.165, 1.54) is 18.7 Å². The summed E-state index contributed by atoms with van der Waals surface area (Å²) in [6, 6.07) is 29.9. The van der Waals surface area contributed by atoms with E-state index in [0.717, 1.165) is 14.9 Å². The number of ketones is 1. The van der Waals surface area contributed by atoms with Gasteiger partial charge in [0.2, 0.25) is 5.91 Å². The number of carbonyl (C=O) groups is 4. The smallest absolute Gasteiger partial charge is 0.272 e. The number of amides is 3. The topological polar surface area (TPSA) is 104 Å². The van der Waals surface area contributed by atoms with Gasteiger partial charge in [0.05, 0.1) is 5.25 Å². The summed E-state index contributed by atoms with van der Waals surface area (Å²) in [5, 5.41) is 8.00. The van der Waals surface area contributed by atoms with Crippen molar-refractivity contribution in [1.29, 1.82) is 0 Å². The summed E-state index contributed by atoms with van der Waals surface area (Å²) >= 11 is 4.77. The van der Waals surface area contributed by atoms with E-state index in [4.69, 9.17) is 0 Å². The van der Waals surface area contributed by atoms with Crippen LogP contribution < -0.4 is 16.0 Å². The number of rotatable bonds is 10. The minimum atomic E-state index is -0.499. The zero-order valence-electron chi connectivity index (χ0n) is 22.9. The van der Waals surface area contributed by atoms with Gasteiger partial charge in [0, 0.05) is 31.9 Å². The number of nitrogens with one attached hydrogen (secondary N) is 3. The molecule has 0 saturated heterocycles. The van der Waals surface area contributed by atoms with Crippen molar-refractivity contribution in [3.63, 3.8) is 0 Å². The van der Waals surface area contributed by atoms with Gasteiger partial charge in [-0.1, -0.05) is 52.3 Å². The summed E-state index contributed by atoms with van der Waals surface area (Å²) in [5.41, 5.74) is 2.90. The Bertz CT molecular complexity index is 1640. The van der Waals surface area contributed by atoms with Gasteiger partial charge >= 0.3 is 0 Å². The number of anilines is 2. The number of thioether (sulfide) groups is 1. The van der Waals surface area contributed by atoms with Crippen molar-refractivity contribution >= 4 is 68.6 Å². The van der Waals surface area contributed by atoms with E-state index in [0.29, 0.717) is 22.5 Å². The second kappa shape index (κ2) is 14.4. The fourth-order valence-corrected chi connectivity index (χ4v) is 5.18. The molecule has 0 aliphatic rings. The quantitative estimate of drug-likeness (QED) is 0.0966. The number of hydrogen-bond acceptors (Lipinski definition) is 5. The molecule has 0 radical (unpaired) electrons. The van der Waals surface area contributed by atoms with E-state index >= 15 is 0 Å². The maximum absolute atomic E-state index is 13.4. The number of Topliss-reactive ketones (excluding diaryl/α,β-unsaturated/α-hetero) is 1. The Morgan fingerprint density at radius 2 is 1.48 bits per heavy atom. The largest absolute Gasteiger partial charge is 0.325 e. The number of benzene rings is 4. The second-order valence-electron chi connectivity index (χ2n) is 9.30.